The maximum absolute atomic E-state index is 12.8. The lowest BCUT2D eigenvalue weighted by Crippen LogP contribution is -2.28. The first-order chi connectivity index (χ1) is 16.8. The lowest BCUT2D eigenvalue weighted by atomic mass is 10.2. The number of halogens is 2. The van der Waals surface area contributed by atoms with E-state index in [1.165, 1.54) is 36.0 Å². The molecule has 178 valence electrons. The van der Waals surface area contributed by atoms with E-state index >= 15 is 0 Å². The zero-order valence-electron chi connectivity index (χ0n) is 18.4. The highest BCUT2D eigenvalue weighted by atomic mass is 35.5. The summed E-state index contributed by atoms with van der Waals surface area (Å²) in [6.45, 7) is 1.77. The normalized spacial score (nSPS) is 11.7. The maximum Gasteiger partial charge on any atom is 0.269 e. The molecule has 8 nitrogen and oxygen atoms in total. The van der Waals surface area contributed by atoms with Crippen LogP contribution in [0.1, 0.15) is 34.7 Å². The summed E-state index contributed by atoms with van der Waals surface area (Å²) in [5, 5.41) is 24.0. The number of nitrogens with one attached hydrogen (secondary N) is 1. The van der Waals surface area contributed by atoms with Crippen LogP contribution in [0.25, 0.3) is 5.69 Å². The van der Waals surface area contributed by atoms with Crippen LogP contribution in [0.2, 0.25) is 10.0 Å². The first kappa shape index (κ1) is 24.7. The first-order valence-electron chi connectivity index (χ1n) is 10.5. The van der Waals surface area contributed by atoms with Gasteiger partial charge in [-0.2, -0.15) is 0 Å². The van der Waals surface area contributed by atoms with Gasteiger partial charge in [-0.05, 0) is 42.8 Å². The van der Waals surface area contributed by atoms with E-state index in [9.17, 15) is 14.9 Å². The van der Waals surface area contributed by atoms with Crippen molar-refractivity contribution in [1.29, 1.82) is 0 Å². The third-order valence-electron chi connectivity index (χ3n) is 5.09. The van der Waals surface area contributed by atoms with Crippen LogP contribution in [0.15, 0.2) is 78.0 Å². The second-order valence-corrected chi connectivity index (χ2v) is 9.33. The largest absolute Gasteiger partial charge is 0.342 e. The van der Waals surface area contributed by atoms with Gasteiger partial charge < -0.3 is 5.32 Å². The average molecular weight is 528 g/mol. The lowest BCUT2D eigenvalue weighted by molar-refractivity contribution is -0.384. The fraction of sp³-hybridized carbons (Fsp3) is 0.125. The van der Waals surface area contributed by atoms with Crippen LogP contribution < -0.4 is 5.32 Å². The molecule has 4 rings (SSSR count). The van der Waals surface area contributed by atoms with Crippen LogP contribution in [0.3, 0.4) is 0 Å². The third-order valence-corrected chi connectivity index (χ3v) is 6.65. The molecule has 1 amide bonds. The summed E-state index contributed by atoms with van der Waals surface area (Å²) in [5.74, 6) is 0.707. The quantitative estimate of drug-likeness (QED) is 0.164. The van der Waals surface area contributed by atoms with Gasteiger partial charge in [0.15, 0.2) is 11.0 Å². The Bertz CT molecular complexity index is 1360. The molecule has 3 aromatic carbocycles. The zero-order chi connectivity index (χ0) is 24.9. The van der Waals surface area contributed by atoms with Crippen LogP contribution in [0.5, 0.6) is 0 Å². The number of nitro benzene ring substituents is 1. The molecule has 0 bridgehead atoms. The molecular formula is C24H19Cl2N5O3S. The van der Waals surface area contributed by atoms with Crippen LogP contribution in [-0.4, -0.2) is 25.6 Å². The van der Waals surface area contributed by atoms with Crippen molar-refractivity contribution >= 4 is 46.6 Å². The van der Waals surface area contributed by atoms with E-state index < -0.39 is 16.9 Å². The van der Waals surface area contributed by atoms with E-state index in [1.54, 1.807) is 29.7 Å². The molecule has 1 aromatic heterocycles. The number of non-ortho nitro benzene ring substituents is 1. The van der Waals surface area contributed by atoms with Gasteiger partial charge in [0, 0.05) is 28.5 Å². The minimum Gasteiger partial charge on any atom is -0.342 e. The fourth-order valence-corrected chi connectivity index (χ4v) is 4.62. The summed E-state index contributed by atoms with van der Waals surface area (Å²) in [4.78, 5) is 23.2. The zero-order valence-corrected chi connectivity index (χ0v) is 20.7. The van der Waals surface area contributed by atoms with Crippen molar-refractivity contribution in [1.82, 2.24) is 20.1 Å². The molecule has 0 saturated carbocycles. The Hall–Kier alpha value is -3.40. The third kappa shape index (κ3) is 5.82. The lowest BCUT2D eigenvalue weighted by Gasteiger charge is -2.17. The van der Waals surface area contributed by atoms with Crippen LogP contribution in [0, 0.1) is 10.1 Å². The molecule has 0 aliphatic carbocycles. The van der Waals surface area contributed by atoms with Gasteiger partial charge in [0.2, 0.25) is 0 Å². The van der Waals surface area contributed by atoms with E-state index in [-0.39, 0.29) is 11.3 Å². The Labute approximate surface area is 215 Å². The fourth-order valence-electron chi connectivity index (χ4n) is 3.34. The van der Waals surface area contributed by atoms with E-state index in [0.29, 0.717) is 32.5 Å². The molecule has 4 aromatic rings. The first-order valence-corrected chi connectivity index (χ1v) is 12.2. The number of thioether (sulfide) groups is 1. The average Bonchev–Trinajstić information content (AvgIpc) is 3.28. The molecule has 0 fully saturated rings. The molecule has 0 aliphatic rings. The van der Waals surface area contributed by atoms with Gasteiger partial charge in [-0.1, -0.05) is 65.3 Å². The van der Waals surface area contributed by atoms with Crippen molar-refractivity contribution in [2.75, 3.05) is 0 Å². The molecule has 1 unspecified atom stereocenters. The number of nitro groups is 1. The number of carbonyl (C=O) groups is 1. The predicted octanol–water partition coefficient (Wildman–Crippen LogP) is 6.27. The second-order valence-electron chi connectivity index (χ2n) is 7.55. The Morgan fingerprint density at radius 2 is 1.80 bits per heavy atom. The topological polar surface area (TPSA) is 103 Å². The molecular weight excluding hydrogens is 509 g/mol. The summed E-state index contributed by atoms with van der Waals surface area (Å²) < 4.78 is 1.78. The Kier molecular flexibility index (Phi) is 7.70. The Balaban J connectivity index is 1.64. The van der Waals surface area contributed by atoms with Gasteiger partial charge in [0.25, 0.3) is 11.6 Å². The summed E-state index contributed by atoms with van der Waals surface area (Å²) in [6.07, 6.45) is 0. The van der Waals surface area contributed by atoms with Crippen LogP contribution in [-0.2, 0) is 5.75 Å². The van der Waals surface area contributed by atoms with Gasteiger partial charge in [-0.15, -0.1) is 10.2 Å². The SMILES string of the molecule is CC(NC(=O)c1ccc([N+](=O)[O-])cc1)c1nnc(SCc2ccccc2)n1-c1cc(Cl)ccc1Cl. The molecule has 1 atom stereocenters. The molecule has 0 aliphatic heterocycles. The number of nitrogens with zero attached hydrogens (tertiary/aromatic N) is 4. The van der Waals surface area contributed by atoms with Gasteiger partial charge in [0.1, 0.15) is 0 Å². The minimum absolute atomic E-state index is 0.0926. The molecule has 0 spiro atoms. The van der Waals surface area contributed by atoms with Crippen LogP contribution >= 0.6 is 35.0 Å². The molecule has 0 saturated heterocycles. The number of hydrogen-bond acceptors (Lipinski definition) is 6. The van der Waals surface area contributed by atoms with E-state index in [0.717, 1.165) is 5.56 Å². The number of carbonyl (C=O) groups excluding carboxylic acids is 1. The smallest absolute Gasteiger partial charge is 0.269 e. The summed E-state index contributed by atoms with van der Waals surface area (Å²) in [6, 6.07) is 19.8. The standard InChI is InChI=1S/C24H19Cl2N5O3S/c1-15(27-23(32)17-7-10-19(11-8-17)31(33)34)22-28-29-24(35-14-16-5-3-2-4-6-16)30(22)21-13-18(25)9-12-20(21)26/h2-13,15H,14H2,1H3,(H,27,32). The van der Waals surface area contributed by atoms with Crippen molar-refractivity contribution < 1.29 is 9.72 Å². The Morgan fingerprint density at radius 1 is 1.09 bits per heavy atom. The summed E-state index contributed by atoms with van der Waals surface area (Å²) >= 11 is 14.2. The number of rotatable bonds is 8. The second kappa shape index (κ2) is 10.9. The van der Waals surface area contributed by atoms with Gasteiger partial charge >= 0.3 is 0 Å². The number of hydrogen-bond donors (Lipinski definition) is 1. The van der Waals surface area contributed by atoms with Crippen LogP contribution in [0.4, 0.5) is 5.69 Å². The van der Waals surface area contributed by atoms with Crippen molar-refractivity contribution in [3.05, 3.63) is 110 Å². The predicted molar refractivity (Wildman–Crippen MR) is 136 cm³/mol. The van der Waals surface area contributed by atoms with E-state index in [2.05, 4.69) is 15.5 Å². The highest BCUT2D eigenvalue weighted by molar-refractivity contribution is 7.98. The van der Waals surface area contributed by atoms with Crippen molar-refractivity contribution in [3.63, 3.8) is 0 Å². The molecule has 1 N–H and O–H groups in total. The highest BCUT2D eigenvalue weighted by Gasteiger charge is 2.23. The van der Waals surface area contributed by atoms with Crippen molar-refractivity contribution in [2.45, 2.75) is 23.9 Å². The number of amides is 1. The molecule has 11 heteroatoms. The van der Waals surface area contributed by atoms with Gasteiger partial charge in [-0.25, -0.2) is 0 Å². The Morgan fingerprint density at radius 3 is 2.49 bits per heavy atom. The highest BCUT2D eigenvalue weighted by Crippen LogP contribution is 2.32. The minimum atomic E-state index is -0.564. The monoisotopic (exact) mass is 527 g/mol. The summed E-state index contributed by atoms with van der Waals surface area (Å²) in [7, 11) is 0. The maximum atomic E-state index is 12.8. The number of aromatic nitrogens is 3. The molecule has 35 heavy (non-hydrogen) atoms. The van der Waals surface area contributed by atoms with Gasteiger partial charge in [0.05, 0.1) is 21.7 Å². The van der Waals surface area contributed by atoms with E-state index in [1.807, 2.05) is 30.3 Å². The molecule has 0 radical (unpaired) electrons. The summed E-state index contributed by atoms with van der Waals surface area (Å²) in [5.41, 5.74) is 1.90. The van der Waals surface area contributed by atoms with Crippen molar-refractivity contribution in [2.24, 2.45) is 0 Å². The van der Waals surface area contributed by atoms with E-state index in [4.69, 9.17) is 23.2 Å². The van der Waals surface area contributed by atoms with Gasteiger partial charge in [-0.3, -0.25) is 19.5 Å². The van der Waals surface area contributed by atoms with Crippen molar-refractivity contribution in [3.8, 4) is 5.69 Å². The number of benzene rings is 3. The molecule has 1 heterocycles.